The highest BCUT2D eigenvalue weighted by Gasteiger charge is 2.27. The van der Waals surface area contributed by atoms with Gasteiger partial charge in [0.2, 0.25) is 0 Å². The van der Waals surface area contributed by atoms with E-state index in [9.17, 15) is 5.11 Å². The molecule has 0 saturated heterocycles. The third-order valence-electron chi connectivity index (χ3n) is 4.13. The van der Waals surface area contributed by atoms with Crippen molar-refractivity contribution in [2.75, 3.05) is 24.6 Å². The molecule has 1 aliphatic rings. The second-order valence-corrected chi connectivity index (χ2v) is 6.40. The second kappa shape index (κ2) is 7.43. The smallest absolute Gasteiger partial charge is 0.0606 e. The second-order valence-electron chi connectivity index (χ2n) is 5.48. The van der Waals surface area contributed by atoms with Gasteiger partial charge in [0.25, 0.3) is 0 Å². The highest BCUT2D eigenvalue weighted by Crippen LogP contribution is 2.35. The molecule has 1 aromatic rings. The Morgan fingerprint density at radius 1 is 1.45 bits per heavy atom. The van der Waals surface area contributed by atoms with Gasteiger partial charge in [-0.3, -0.25) is 0 Å². The maximum atomic E-state index is 9.39. The molecule has 0 amide bonds. The van der Waals surface area contributed by atoms with Crippen LogP contribution in [-0.4, -0.2) is 30.8 Å². The van der Waals surface area contributed by atoms with Crippen molar-refractivity contribution < 1.29 is 5.11 Å². The van der Waals surface area contributed by atoms with Gasteiger partial charge in [-0.15, -0.1) is 0 Å². The fourth-order valence-electron chi connectivity index (χ4n) is 2.86. The lowest BCUT2D eigenvalue weighted by Gasteiger charge is -2.40. The molecule has 4 heteroatoms. The maximum Gasteiger partial charge on any atom is 0.0606 e. The zero-order valence-electron chi connectivity index (χ0n) is 12.4. The zero-order valence-corrected chi connectivity index (χ0v) is 14.0. The summed E-state index contributed by atoms with van der Waals surface area (Å²) in [5, 5.41) is 12.9. The number of hydrogen-bond donors (Lipinski definition) is 2. The predicted molar refractivity (Wildman–Crippen MR) is 88.3 cm³/mol. The van der Waals surface area contributed by atoms with Gasteiger partial charge in [0, 0.05) is 28.8 Å². The minimum atomic E-state index is 0.210. The van der Waals surface area contributed by atoms with E-state index >= 15 is 0 Å². The SMILES string of the molecule is CCNC(C)c1cc(Br)ccc1N(CCO)C1CCC1. The third kappa shape index (κ3) is 3.54. The maximum absolute atomic E-state index is 9.39. The number of rotatable bonds is 7. The molecule has 3 nitrogen and oxygen atoms in total. The van der Waals surface area contributed by atoms with E-state index in [-0.39, 0.29) is 6.61 Å². The summed E-state index contributed by atoms with van der Waals surface area (Å²) in [4.78, 5) is 2.39. The third-order valence-corrected chi connectivity index (χ3v) is 4.63. The monoisotopic (exact) mass is 340 g/mol. The largest absolute Gasteiger partial charge is 0.395 e. The molecule has 112 valence electrons. The number of hydrogen-bond acceptors (Lipinski definition) is 3. The Bertz CT molecular complexity index is 434. The fourth-order valence-corrected chi connectivity index (χ4v) is 3.23. The Labute approximate surface area is 130 Å². The van der Waals surface area contributed by atoms with Crippen molar-refractivity contribution in [3.8, 4) is 0 Å². The number of benzene rings is 1. The normalized spacial score (nSPS) is 16.8. The quantitative estimate of drug-likeness (QED) is 0.797. The zero-order chi connectivity index (χ0) is 14.5. The molecule has 0 spiro atoms. The van der Waals surface area contributed by atoms with Crippen LogP contribution in [0.1, 0.15) is 44.7 Å². The van der Waals surface area contributed by atoms with E-state index in [0.717, 1.165) is 17.6 Å². The van der Waals surface area contributed by atoms with E-state index < -0.39 is 0 Å². The topological polar surface area (TPSA) is 35.5 Å². The lowest BCUT2D eigenvalue weighted by molar-refractivity contribution is 0.283. The molecule has 2 rings (SSSR count). The molecule has 0 aliphatic heterocycles. The van der Waals surface area contributed by atoms with Gasteiger partial charge < -0.3 is 15.3 Å². The first-order valence-corrected chi connectivity index (χ1v) is 8.37. The number of halogens is 1. The average molecular weight is 341 g/mol. The van der Waals surface area contributed by atoms with Gasteiger partial charge >= 0.3 is 0 Å². The number of aliphatic hydroxyl groups is 1. The molecule has 2 N–H and O–H groups in total. The molecule has 0 heterocycles. The van der Waals surface area contributed by atoms with E-state index in [1.54, 1.807) is 0 Å². The Hall–Kier alpha value is -0.580. The van der Waals surface area contributed by atoms with Crippen LogP contribution >= 0.6 is 15.9 Å². The van der Waals surface area contributed by atoms with Gasteiger partial charge in [-0.05, 0) is 56.5 Å². The highest BCUT2D eigenvalue weighted by molar-refractivity contribution is 9.10. The molecule has 1 fully saturated rings. The molecule has 0 radical (unpaired) electrons. The summed E-state index contributed by atoms with van der Waals surface area (Å²) in [6.07, 6.45) is 3.79. The van der Waals surface area contributed by atoms with Crippen LogP contribution in [0.2, 0.25) is 0 Å². The Kier molecular flexibility index (Phi) is 5.87. The van der Waals surface area contributed by atoms with Crippen molar-refractivity contribution in [2.45, 2.75) is 45.2 Å². The van der Waals surface area contributed by atoms with Crippen LogP contribution in [0.15, 0.2) is 22.7 Å². The van der Waals surface area contributed by atoms with Crippen LogP contribution < -0.4 is 10.2 Å². The molecule has 1 atom stereocenters. The van der Waals surface area contributed by atoms with Crippen LogP contribution in [0.25, 0.3) is 0 Å². The lowest BCUT2D eigenvalue weighted by Crippen LogP contribution is -2.42. The van der Waals surface area contributed by atoms with Crippen molar-refractivity contribution in [3.05, 3.63) is 28.2 Å². The van der Waals surface area contributed by atoms with Crippen molar-refractivity contribution in [1.82, 2.24) is 5.32 Å². The number of nitrogens with zero attached hydrogens (tertiary/aromatic N) is 1. The first-order chi connectivity index (χ1) is 9.67. The van der Waals surface area contributed by atoms with Gasteiger partial charge in [0.1, 0.15) is 0 Å². The van der Waals surface area contributed by atoms with E-state index in [1.807, 2.05) is 0 Å². The first-order valence-electron chi connectivity index (χ1n) is 7.57. The summed E-state index contributed by atoms with van der Waals surface area (Å²) in [6, 6.07) is 7.39. The molecule has 1 saturated carbocycles. The molecule has 0 aromatic heterocycles. The van der Waals surface area contributed by atoms with E-state index in [0.29, 0.717) is 12.1 Å². The molecule has 1 aromatic carbocycles. The van der Waals surface area contributed by atoms with Gasteiger partial charge in [-0.2, -0.15) is 0 Å². The Morgan fingerprint density at radius 2 is 2.20 bits per heavy atom. The number of nitrogens with one attached hydrogen (secondary N) is 1. The van der Waals surface area contributed by atoms with Crippen molar-refractivity contribution >= 4 is 21.6 Å². The molecule has 1 aliphatic carbocycles. The van der Waals surface area contributed by atoms with Crippen molar-refractivity contribution in [3.63, 3.8) is 0 Å². The van der Waals surface area contributed by atoms with E-state index in [4.69, 9.17) is 0 Å². The summed E-state index contributed by atoms with van der Waals surface area (Å²) in [5.74, 6) is 0. The summed E-state index contributed by atoms with van der Waals surface area (Å²) >= 11 is 3.58. The summed E-state index contributed by atoms with van der Waals surface area (Å²) in [7, 11) is 0. The van der Waals surface area contributed by atoms with Crippen LogP contribution in [0, 0.1) is 0 Å². The Balaban J connectivity index is 2.31. The van der Waals surface area contributed by atoms with Crippen LogP contribution in [0.5, 0.6) is 0 Å². The van der Waals surface area contributed by atoms with Gasteiger partial charge in [-0.25, -0.2) is 0 Å². The average Bonchev–Trinajstić information content (AvgIpc) is 2.36. The summed E-state index contributed by atoms with van der Waals surface area (Å²) < 4.78 is 1.11. The lowest BCUT2D eigenvalue weighted by atomic mass is 9.90. The number of anilines is 1. The summed E-state index contributed by atoms with van der Waals surface area (Å²) in [5.41, 5.74) is 2.57. The number of aliphatic hydroxyl groups excluding tert-OH is 1. The van der Waals surface area contributed by atoms with Crippen LogP contribution in [-0.2, 0) is 0 Å². The van der Waals surface area contributed by atoms with E-state index in [2.05, 4.69) is 58.2 Å². The molecule has 0 bridgehead atoms. The molecule has 20 heavy (non-hydrogen) atoms. The van der Waals surface area contributed by atoms with E-state index in [1.165, 1.54) is 30.5 Å². The van der Waals surface area contributed by atoms with Gasteiger partial charge in [-0.1, -0.05) is 22.9 Å². The van der Waals surface area contributed by atoms with Crippen molar-refractivity contribution in [1.29, 1.82) is 0 Å². The van der Waals surface area contributed by atoms with Crippen molar-refractivity contribution in [2.24, 2.45) is 0 Å². The first kappa shape index (κ1) is 15.8. The van der Waals surface area contributed by atoms with Gasteiger partial charge in [0.05, 0.1) is 6.61 Å². The predicted octanol–water partition coefficient (Wildman–Crippen LogP) is 3.47. The minimum Gasteiger partial charge on any atom is -0.395 e. The molecular formula is C16H25BrN2O. The summed E-state index contributed by atoms with van der Waals surface area (Å²) in [6.45, 7) is 6.22. The molecule has 1 unspecified atom stereocenters. The Morgan fingerprint density at radius 3 is 2.75 bits per heavy atom. The standard InChI is InChI=1S/C16H25BrN2O/c1-3-18-12(2)15-11-13(17)7-8-16(15)19(9-10-20)14-5-4-6-14/h7-8,11-12,14,18,20H,3-6,9-10H2,1-2H3. The van der Waals surface area contributed by atoms with Gasteiger partial charge in [0.15, 0.2) is 0 Å². The minimum absolute atomic E-state index is 0.210. The molecular weight excluding hydrogens is 316 g/mol. The van der Waals surface area contributed by atoms with Crippen LogP contribution in [0.4, 0.5) is 5.69 Å². The fraction of sp³-hybridized carbons (Fsp3) is 0.625. The van der Waals surface area contributed by atoms with Crippen LogP contribution in [0.3, 0.4) is 0 Å². The highest BCUT2D eigenvalue weighted by atomic mass is 79.9.